The number of aliphatic hydroxyl groups is 1. The molecule has 1 aliphatic heterocycles. The maximum Gasteiger partial charge on any atom is 0.331 e. The molecule has 0 amide bonds. The van der Waals surface area contributed by atoms with Crippen molar-refractivity contribution < 1.29 is 14.6 Å². The fourth-order valence-electron chi connectivity index (χ4n) is 0.873. The van der Waals surface area contributed by atoms with E-state index in [9.17, 15) is 9.90 Å². The smallest absolute Gasteiger partial charge is 0.331 e. The summed E-state index contributed by atoms with van der Waals surface area (Å²) in [6, 6.07) is 0. The largest absolute Gasteiger partial charge is 0.452 e. The number of ether oxygens (including phenoxy) is 1. The standard InChI is InChI=1S/C8H10O3/c1-2-3-7-6(9)4-5-8(10)11-7/h2-7,9H,1H3/t6-,7+/m1/s1. The first-order valence-corrected chi connectivity index (χ1v) is 3.43. The minimum absolute atomic E-state index is 0.404. The van der Waals surface area contributed by atoms with E-state index in [0.29, 0.717) is 0 Å². The fourth-order valence-corrected chi connectivity index (χ4v) is 0.873. The lowest BCUT2D eigenvalue weighted by atomic mass is 10.1. The molecule has 0 aromatic carbocycles. The summed E-state index contributed by atoms with van der Waals surface area (Å²) in [5.74, 6) is -0.404. The third-order valence-electron chi connectivity index (χ3n) is 1.40. The van der Waals surface area contributed by atoms with Crippen molar-refractivity contribution in [3.05, 3.63) is 24.3 Å². The molecule has 0 bridgehead atoms. The first kappa shape index (κ1) is 8.01. The van der Waals surface area contributed by atoms with Gasteiger partial charge in [-0.15, -0.1) is 0 Å². The number of hydrogen-bond donors (Lipinski definition) is 1. The van der Waals surface area contributed by atoms with Gasteiger partial charge >= 0.3 is 5.97 Å². The lowest BCUT2D eigenvalue weighted by molar-refractivity contribution is -0.146. The summed E-state index contributed by atoms with van der Waals surface area (Å²) in [7, 11) is 0. The van der Waals surface area contributed by atoms with E-state index in [-0.39, 0.29) is 0 Å². The molecular weight excluding hydrogens is 144 g/mol. The summed E-state index contributed by atoms with van der Waals surface area (Å²) in [6.45, 7) is 1.80. The molecular formula is C8H10O3. The normalized spacial score (nSPS) is 30.9. The number of esters is 1. The van der Waals surface area contributed by atoms with Gasteiger partial charge in [0.1, 0.15) is 12.2 Å². The quantitative estimate of drug-likeness (QED) is 0.439. The Morgan fingerprint density at radius 2 is 2.45 bits per heavy atom. The van der Waals surface area contributed by atoms with E-state index in [0.717, 1.165) is 0 Å². The van der Waals surface area contributed by atoms with Crippen LogP contribution in [0.1, 0.15) is 6.92 Å². The van der Waals surface area contributed by atoms with Gasteiger partial charge in [0, 0.05) is 6.08 Å². The Bertz CT molecular complexity index is 205. The minimum Gasteiger partial charge on any atom is -0.452 e. The van der Waals surface area contributed by atoms with Crippen molar-refractivity contribution in [1.29, 1.82) is 0 Å². The van der Waals surface area contributed by atoms with Gasteiger partial charge in [-0.2, -0.15) is 0 Å². The molecule has 1 aliphatic rings. The third kappa shape index (κ3) is 1.91. The van der Waals surface area contributed by atoms with E-state index < -0.39 is 18.2 Å². The van der Waals surface area contributed by atoms with E-state index in [1.54, 1.807) is 19.1 Å². The van der Waals surface area contributed by atoms with E-state index >= 15 is 0 Å². The first-order valence-electron chi connectivity index (χ1n) is 3.43. The molecule has 0 unspecified atom stereocenters. The minimum atomic E-state index is -0.705. The lowest BCUT2D eigenvalue weighted by Gasteiger charge is -2.20. The average molecular weight is 154 g/mol. The van der Waals surface area contributed by atoms with Gasteiger partial charge in [0.25, 0.3) is 0 Å². The number of allylic oxidation sites excluding steroid dienone is 1. The van der Waals surface area contributed by atoms with Crippen LogP contribution in [-0.2, 0) is 9.53 Å². The molecule has 0 fully saturated rings. The second kappa shape index (κ2) is 3.34. The van der Waals surface area contributed by atoms with Crippen molar-refractivity contribution >= 4 is 5.97 Å². The zero-order valence-corrected chi connectivity index (χ0v) is 6.23. The summed E-state index contributed by atoms with van der Waals surface area (Å²) < 4.78 is 4.78. The highest BCUT2D eigenvalue weighted by Gasteiger charge is 2.21. The summed E-state index contributed by atoms with van der Waals surface area (Å²) in [5, 5.41) is 9.20. The number of rotatable bonds is 1. The first-order chi connectivity index (χ1) is 5.24. The number of hydrogen-bond acceptors (Lipinski definition) is 3. The SMILES string of the molecule is CC=C[C@@H]1OC(=O)C=C[C@H]1O. The van der Waals surface area contributed by atoms with Crippen LogP contribution in [0.2, 0.25) is 0 Å². The Hall–Kier alpha value is -1.09. The van der Waals surface area contributed by atoms with Gasteiger partial charge in [0.15, 0.2) is 0 Å². The fraction of sp³-hybridized carbons (Fsp3) is 0.375. The molecule has 11 heavy (non-hydrogen) atoms. The highest BCUT2D eigenvalue weighted by Crippen LogP contribution is 2.09. The summed E-state index contributed by atoms with van der Waals surface area (Å²) in [6.07, 6.45) is 4.81. The highest BCUT2D eigenvalue weighted by atomic mass is 16.6. The number of carbonyl (C=O) groups excluding carboxylic acids is 1. The van der Waals surface area contributed by atoms with Crippen molar-refractivity contribution in [2.75, 3.05) is 0 Å². The monoisotopic (exact) mass is 154 g/mol. The van der Waals surface area contributed by atoms with Gasteiger partial charge in [-0.05, 0) is 19.1 Å². The Morgan fingerprint density at radius 3 is 3.09 bits per heavy atom. The molecule has 1 rings (SSSR count). The number of aliphatic hydroxyl groups excluding tert-OH is 1. The van der Waals surface area contributed by atoms with Gasteiger partial charge in [0.05, 0.1) is 0 Å². The molecule has 3 nitrogen and oxygen atoms in total. The van der Waals surface area contributed by atoms with Crippen molar-refractivity contribution in [2.45, 2.75) is 19.1 Å². The molecule has 0 aliphatic carbocycles. The van der Waals surface area contributed by atoms with Crippen LogP contribution in [0.25, 0.3) is 0 Å². The van der Waals surface area contributed by atoms with Crippen LogP contribution in [0.5, 0.6) is 0 Å². The topological polar surface area (TPSA) is 46.5 Å². The Kier molecular flexibility index (Phi) is 2.44. The Morgan fingerprint density at radius 1 is 1.73 bits per heavy atom. The molecule has 3 heteroatoms. The van der Waals surface area contributed by atoms with E-state index in [1.807, 2.05) is 0 Å². The zero-order chi connectivity index (χ0) is 8.27. The molecule has 60 valence electrons. The van der Waals surface area contributed by atoms with E-state index in [4.69, 9.17) is 4.74 Å². The van der Waals surface area contributed by atoms with Gasteiger partial charge < -0.3 is 9.84 Å². The Labute approximate surface area is 65.0 Å². The van der Waals surface area contributed by atoms with Crippen LogP contribution >= 0.6 is 0 Å². The third-order valence-corrected chi connectivity index (χ3v) is 1.40. The van der Waals surface area contributed by atoms with Crippen molar-refractivity contribution in [3.63, 3.8) is 0 Å². The lowest BCUT2D eigenvalue weighted by Crippen LogP contribution is -2.31. The highest BCUT2D eigenvalue weighted by molar-refractivity contribution is 5.83. The molecule has 0 radical (unpaired) electrons. The average Bonchev–Trinajstić information content (AvgIpc) is 1.98. The Balaban J connectivity index is 2.67. The van der Waals surface area contributed by atoms with Crippen molar-refractivity contribution in [3.8, 4) is 0 Å². The summed E-state index contributed by atoms with van der Waals surface area (Å²) >= 11 is 0. The number of cyclic esters (lactones) is 1. The summed E-state index contributed by atoms with van der Waals surface area (Å²) in [4.78, 5) is 10.6. The van der Waals surface area contributed by atoms with Crippen LogP contribution in [0.4, 0.5) is 0 Å². The molecule has 0 aromatic heterocycles. The van der Waals surface area contributed by atoms with Crippen LogP contribution in [0.3, 0.4) is 0 Å². The molecule has 0 saturated carbocycles. The predicted molar refractivity (Wildman–Crippen MR) is 39.8 cm³/mol. The van der Waals surface area contributed by atoms with Crippen molar-refractivity contribution in [1.82, 2.24) is 0 Å². The van der Waals surface area contributed by atoms with Crippen LogP contribution < -0.4 is 0 Å². The summed E-state index contributed by atoms with van der Waals surface area (Å²) in [5.41, 5.74) is 0. The van der Waals surface area contributed by atoms with Gasteiger partial charge in [-0.25, -0.2) is 4.79 Å². The molecule has 0 aromatic rings. The number of carbonyl (C=O) groups is 1. The zero-order valence-electron chi connectivity index (χ0n) is 6.23. The maximum absolute atomic E-state index is 10.6. The second-order valence-corrected chi connectivity index (χ2v) is 2.28. The molecule has 1 heterocycles. The van der Waals surface area contributed by atoms with Crippen LogP contribution in [-0.4, -0.2) is 23.3 Å². The van der Waals surface area contributed by atoms with E-state index in [2.05, 4.69) is 0 Å². The predicted octanol–water partition coefficient (Wildman–Crippen LogP) is 0.405. The molecule has 0 saturated heterocycles. The van der Waals surface area contributed by atoms with Gasteiger partial charge in [0.2, 0.25) is 0 Å². The molecule has 2 atom stereocenters. The van der Waals surface area contributed by atoms with Gasteiger partial charge in [-0.3, -0.25) is 0 Å². The maximum atomic E-state index is 10.6. The van der Waals surface area contributed by atoms with E-state index in [1.165, 1.54) is 12.2 Å². The second-order valence-electron chi connectivity index (χ2n) is 2.28. The molecule has 0 spiro atoms. The van der Waals surface area contributed by atoms with Gasteiger partial charge in [-0.1, -0.05) is 6.08 Å². The van der Waals surface area contributed by atoms with Crippen LogP contribution in [0.15, 0.2) is 24.3 Å². The molecule has 1 N–H and O–H groups in total. The van der Waals surface area contributed by atoms with Crippen molar-refractivity contribution in [2.24, 2.45) is 0 Å². The van der Waals surface area contributed by atoms with Crippen LogP contribution in [0, 0.1) is 0 Å².